The molecule has 1 saturated heterocycles. The highest BCUT2D eigenvalue weighted by Gasteiger charge is 2.37. The second-order valence-electron chi connectivity index (χ2n) is 5.16. The highest BCUT2D eigenvalue weighted by atomic mass is 79.9. The minimum absolute atomic E-state index is 0.246. The van der Waals surface area contributed by atoms with E-state index >= 15 is 0 Å². The molecule has 0 aromatic heterocycles. The van der Waals surface area contributed by atoms with Gasteiger partial charge in [-0.25, -0.2) is 0 Å². The fourth-order valence-electron chi connectivity index (χ4n) is 3.25. The van der Waals surface area contributed by atoms with Crippen molar-refractivity contribution in [2.24, 2.45) is 0 Å². The number of hydrogen-bond acceptors (Lipinski definition) is 3. The van der Waals surface area contributed by atoms with Crippen molar-refractivity contribution in [1.82, 2.24) is 10.2 Å². The van der Waals surface area contributed by atoms with Crippen molar-refractivity contribution in [1.29, 1.82) is 0 Å². The maximum atomic E-state index is 11.4. The van der Waals surface area contributed by atoms with Gasteiger partial charge in [0.1, 0.15) is 6.04 Å². The molecule has 0 radical (unpaired) electrons. The third-order valence-electron chi connectivity index (χ3n) is 4.15. The van der Waals surface area contributed by atoms with Crippen molar-refractivity contribution in [3.05, 3.63) is 33.8 Å². The number of hydrogen-bond donors (Lipinski definition) is 2. The maximum Gasteiger partial charge on any atom is 0.322 e. The number of carboxylic acid groups (broad SMARTS) is 1. The molecular weight excluding hydrogens is 308 g/mol. The molecule has 0 amide bonds. The van der Waals surface area contributed by atoms with Crippen molar-refractivity contribution in [2.45, 2.75) is 24.9 Å². The molecular formula is C14H17BrN2O2. The van der Waals surface area contributed by atoms with Gasteiger partial charge in [0.2, 0.25) is 0 Å². The van der Waals surface area contributed by atoms with Crippen LogP contribution in [0.4, 0.5) is 0 Å². The molecule has 1 aliphatic heterocycles. The normalized spacial score (nSPS) is 27.2. The van der Waals surface area contributed by atoms with Gasteiger partial charge in [-0.3, -0.25) is 9.69 Å². The summed E-state index contributed by atoms with van der Waals surface area (Å²) in [6.07, 6.45) is 2.04. The molecule has 1 heterocycles. The van der Waals surface area contributed by atoms with Gasteiger partial charge in [-0.05, 0) is 30.0 Å². The van der Waals surface area contributed by atoms with Crippen LogP contribution in [0.15, 0.2) is 22.7 Å². The first kappa shape index (κ1) is 13.1. The summed E-state index contributed by atoms with van der Waals surface area (Å²) in [7, 11) is 0. The molecule has 1 aromatic carbocycles. The Bertz CT molecular complexity index is 506. The number of piperazine rings is 1. The van der Waals surface area contributed by atoms with Crippen LogP contribution in [-0.2, 0) is 11.2 Å². The number of fused-ring (bicyclic) bond motifs is 1. The smallest absolute Gasteiger partial charge is 0.322 e. The first-order valence-corrected chi connectivity index (χ1v) is 7.44. The van der Waals surface area contributed by atoms with E-state index in [4.69, 9.17) is 0 Å². The van der Waals surface area contributed by atoms with Crippen molar-refractivity contribution < 1.29 is 9.90 Å². The van der Waals surface area contributed by atoms with Crippen LogP contribution in [0.3, 0.4) is 0 Å². The predicted octanol–water partition coefficient (Wildman–Crippen LogP) is 1.79. The van der Waals surface area contributed by atoms with Gasteiger partial charge in [0.25, 0.3) is 0 Å². The molecule has 0 saturated carbocycles. The van der Waals surface area contributed by atoms with Crippen LogP contribution in [0.1, 0.15) is 23.6 Å². The number of nitrogens with zero attached hydrogens (tertiary/aromatic N) is 1. The lowest BCUT2D eigenvalue weighted by Crippen LogP contribution is -2.55. The van der Waals surface area contributed by atoms with Crippen molar-refractivity contribution in [3.63, 3.8) is 0 Å². The molecule has 102 valence electrons. The van der Waals surface area contributed by atoms with Gasteiger partial charge < -0.3 is 10.4 Å². The van der Waals surface area contributed by atoms with E-state index in [0.29, 0.717) is 6.54 Å². The average molecular weight is 325 g/mol. The molecule has 2 aliphatic rings. The van der Waals surface area contributed by atoms with Crippen LogP contribution in [0.25, 0.3) is 0 Å². The summed E-state index contributed by atoms with van der Waals surface area (Å²) in [4.78, 5) is 13.6. The zero-order valence-electron chi connectivity index (χ0n) is 10.6. The largest absolute Gasteiger partial charge is 0.480 e. The van der Waals surface area contributed by atoms with Crippen molar-refractivity contribution >= 4 is 21.9 Å². The van der Waals surface area contributed by atoms with Crippen LogP contribution in [0.2, 0.25) is 0 Å². The Hall–Kier alpha value is -0.910. The van der Waals surface area contributed by atoms with Gasteiger partial charge in [-0.2, -0.15) is 0 Å². The van der Waals surface area contributed by atoms with Crippen LogP contribution in [0, 0.1) is 0 Å². The fraction of sp³-hybridized carbons (Fsp3) is 0.500. The van der Waals surface area contributed by atoms with Crippen molar-refractivity contribution in [3.8, 4) is 0 Å². The second-order valence-corrected chi connectivity index (χ2v) is 6.01. The minimum Gasteiger partial charge on any atom is -0.480 e. The quantitative estimate of drug-likeness (QED) is 0.871. The summed E-state index contributed by atoms with van der Waals surface area (Å²) in [6, 6.07) is 6.07. The van der Waals surface area contributed by atoms with Gasteiger partial charge in [0, 0.05) is 30.1 Å². The monoisotopic (exact) mass is 324 g/mol. The van der Waals surface area contributed by atoms with Crippen LogP contribution < -0.4 is 5.32 Å². The van der Waals surface area contributed by atoms with E-state index in [0.717, 1.165) is 30.4 Å². The van der Waals surface area contributed by atoms with E-state index in [9.17, 15) is 9.90 Å². The molecule has 0 spiro atoms. The van der Waals surface area contributed by atoms with E-state index < -0.39 is 12.0 Å². The lowest BCUT2D eigenvalue weighted by atomic mass is 10.0. The molecule has 3 rings (SSSR count). The molecule has 2 unspecified atom stereocenters. The van der Waals surface area contributed by atoms with Crippen molar-refractivity contribution in [2.75, 3.05) is 19.6 Å². The number of benzene rings is 1. The standard InChI is InChI=1S/C14H17BrN2O2/c15-11-3-1-2-10-9(11)4-5-12(10)17-7-6-16-8-13(17)14(18)19/h1-3,12-13,16H,4-8H2,(H,18,19). The molecule has 19 heavy (non-hydrogen) atoms. The molecule has 5 heteroatoms. The number of nitrogens with one attached hydrogen (secondary N) is 1. The summed E-state index contributed by atoms with van der Waals surface area (Å²) < 4.78 is 1.15. The van der Waals surface area contributed by atoms with Crippen LogP contribution in [0.5, 0.6) is 0 Å². The Labute approximate surface area is 120 Å². The Morgan fingerprint density at radius 3 is 3.11 bits per heavy atom. The zero-order valence-corrected chi connectivity index (χ0v) is 12.2. The first-order valence-electron chi connectivity index (χ1n) is 6.65. The Balaban J connectivity index is 1.91. The Morgan fingerprint density at radius 2 is 2.32 bits per heavy atom. The van der Waals surface area contributed by atoms with E-state index in [1.807, 2.05) is 6.07 Å². The van der Waals surface area contributed by atoms with E-state index in [1.165, 1.54) is 11.1 Å². The topological polar surface area (TPSA) is 52.6 Å². The molecule has 4 nitrogen and oxygen atoms in total. The third kappa shape index (κ3) is 2.30. The summed E-state index contributed by atoms with van der Waals surface area (Å²) in [5, 5.41) is 12.6. The van der Waals surface area contributed by atoms with Gasteiger partial charge in [0.15, 0.2) is 0 Å². The number of carboxylic acids is 1. The van der Waals surface area contributed by atoms with Gasteiger partial charge in [0.05, 0.1) is 0 Å². The Kier molecular flexibility index (Phi) is 3.60. The number of halogens is 1. The minimum atomic E-state index is -0.726. The first-order chi connectivity index (χ1) is 9.18. The number of carbonyl (C=O) groups is 1. The molecule has 2 atom stereocenters. The number of aliphatic carboxylic acids is 1. The summed E-state index contributed by atoms with van der Waals surface area (Å²) in [6.45, 7) is 2.20. The fourth-order valence-corrected chi connectivity index (χ4v) is 3.83. The molecule has 0 bridgehead atoms. The molecule has 1 aromatic rings. The summed E-state index contributed by atoms with van der Waals surface area (Å²) >= 11 is 3.60. The van der Waals surface area contributed by atoms with Gasteiger partial charge in [-0.15, -0.1) is 0 Å². The average Bonchev–Trinajstić information content (AvgIpc) is 2.84. The van der Waals surface area contributed by atoms with Crippen LogP contribution in [-0.4, -0.2) is 41.7 Å². The maximum absolute atomic E-state index is 11.4. The van der Waals surface area contributed by atoms with Crippen LogP contribution >= 0.6 is 15.9 Å². The Morgan fingerprint density at radius 1 is 1.47 bits per heavy atom. The van der Waals surface area contributed by atoms with E-state index in [1.54, 1.807) is 0 Å². The highest BCUT2D eigenvalue weighted by Crippen LogP contribution is 2.40. The predicted molar refractivity (Wildman–Crippen MR) is 76.2 cm³/mol. The van der Waals surface area contributed by atoms with Gasteiger partial charge >= 0.3 is 5.97 Å². The SMILES string of the molecule is O=C(O)C1CNCCN1C1CCc2c(Br)cccc21. The molecule has 2 N–H and O–H groups in total. The zero-order chi connectivity index (χ0) is 13.4. The second kappa shape index (κ2) is 5.23. The third-order valence-corrected chi connectivity index (χ3v) is 4.90. The molecule has 1 fully saturated rings. The van der Waals surface area contributed by atoms with Gasteiger partial charge in [-0.1, -0.05) is 28.1 Å². The summed E-state index contributed by atoms with van der Waals surface area (Å²) in [5.41, 5.74) is 2.64. The summed E-state index contributed by atoms with van der Waals surface area (Å²) in [5.74, 6) is -0.726. The van der Waals surface area contributed by atoms with E-state index in [2.05, 4.69) is 38.3 Å². The lowest BCUT2D eigenvalue weighted by molar-refractivity contribution is -0.145. The highest BCUT2D eigenvalue weighted by molar-refractivity contribution is 9.10. The number of rotatable bonds is 2. The molecule has 1 aliphatic carbocycles. The lowest BCUT2D eigenvalue weighted by Gasteiger charge is -2.38. The van der Waals surface area contributed by atoms with E-state index in [-0.39, 0.29) is 6.04 Å².